The first-order valence-corrected chi connectivity index (χ1v) is 6.33. The van der Waals surface area contributed by atoms with Crippen molar-refractivity contribution in [2.24, 2.45) is 0 Å². The van der Waals surface area contributed by atoms with E-state index in [0.717, 1.165) is 0 Å². The van der Waals surface area contributed by atoms with Crippen LogP contribution in [0, 0.1) is 17.1 Å². The molecule has 0 aromatic heterocycles. The van der Waals surface area contributed by atoms with Crippen molar-refractivity contribution in [1.82, 2.24) is 0 Å². The number of aromatic hydroxyl groups is 1. The molecule has 2 aromatic rings. The lowest BCUT2D eigenvalue weighted by Crippen LogP contribution is -1.87. The number of halogens is 3. The molecular weight excluding hydrogens is 300 g/mol. The van der Waals surface area contributed by atoms with Gasteiger partial charge in [-0.2, -0.15) is 5.26 Å². The third kappa shape index (κ3) is 2.93. The van der Waals surface area contributed by atoms with E-state index in [1.165, 1.54) is 30.3 Å². The zero-order valence-corrected chi connectivity index (χ0v) is 11.6. The van der Waals surface area contributed by atoms with Crippen molar-refractivity contribution < 1.29 is 9.50 Å². The van der Waals surface area contributed by atoms with Crippen molar-refractivity contribution in [3.63, 3.8) is 0 Å². The third-order valence-corrected chi connectivity index (χ3v) is 3.21. The fourth-order valence-electron chi connectivity index (χ4n) is 1.69. The van der Waals surface area contributed by atoms with Gasteiger partial charge in [0, 0.05) is 5.56 Å². The molecule has 0 spiro atoms. The van der Waals surface area contributed by atoms with Crippen LogP contribution in [-0.2, 0) is 0 Å². The van der Waals surface area contributed by atoms with E-state index < -0.39 is 5.82 Å². The van der Waals surface area contributed by atoms with E-state index in [-0.39, 0.29) is 26.9 Å². The SMILES string of the molecule is N#C/C(=C/c1cc(Cl)c(O)c(Cl)c1)c1ccccc1F. The minimum Gasteiger partial charge on any atom is -0.505 e. The topological polar surface area (TPSA) is 44.0 Å². The summed E-state index contributed by atoms with van der Waals surface area (Å²) < 4.78 is 13.7. The fourth-order valence-corrected chi connectivity index (χ4v) is 2.19. The van der Waals surface area contributed by atoms with Gasteiger partial charge in [-0.15, -0.1) is 0 Å². The molecule has 0 saturated heterocycles. The number of hydrogen-bond donors (Lipinski definition) is 1. The summed E-state index contributed by atoms with van der Waals surface area (Å²) in [5.41, 5.74) is 0.828. The molecule has 0 unspecified atom stereocenters. The zero-order valence-electron chi connectivity index (χ0n) is 10.1. The number of nitrogens with zero attached hydrogens (tertiary/aromatic N) is 1. The molecule has 0 atom stereocenters. The molecule has 0 fully saturated rings. The fraction of sp³-hybridized carbons (Fsp3) is 0. The Morgan fingerprint density at radius 3 is 2.35 bits per heavy atom. The molecule has 5 heteroatoms. The highest BCUT2D eigenvalue weighted by atomic mass is 35.5. The minimum absolute atomic E-state index is 0.0644. The summed E-state index contributed by atoms with van der Waals surface area (Å²) in [4.78, 5) is 0. The van der Waals surface area contributed by atoms with Crippen molar-refractivity contribution >= 4 is 34.9 Å². The van der Waals surface area contributed by atoms with Gasteiger partial charge in [0.1, 0.15) is 5.82 Å². The van der Waals surface area contributed by atoms with Crippen LogP contribution in [0.1, 0.15) is 11.1 Å². The Morgan fingerprint density at radius 1 is 1.20 bits per heavy atom. The molecule has 2 aromatic carbocycles. The molecule has 0 bridgehead atoms. The van der Waals surface area contributed by atoms with Gasteiger partial charge < -0.3 is 5.11 Å². The number of benzene rings is 2. The van der Waals surface area contributed by atoms with E-state index in [2.05, 4.69) is 0 Å². The van der Waals surface area contributed by atoms with Crippen LogP contribution < -0.4 is 0 Å². The highest BCUT2D eigenvalue weighted by Gasteiger charge is 2.09. The van der Waals surface area contributed by atoms with E-state index in [1.807, 2.05) is 6.07 Å². The maximum Gasteiger partial charge on any atom is 0.152 e. The smallest absolute Gasteiger partial charge is 0.152 e. The minimum atomic E-state index is -0.490. The predicted molar refractivity (Wildman–Crippen MR) is 78.0 cm³/mol. The summed E-state index contributed by atoms with van der Waals surface area (Å²) in [6, 6.07) is 10.8. The summed E-state index contributed by atoms with van der Waals surface area (Å²) >= 11 is 11.6. The van der Waals surface area contributed by atoms with E-state index >= 15 is 0 Å². The van der Waals surface area contributed by atoms with Crippen LogP contribution in [0.25, 0.3) is 11.6 Å². The van der Waals surface area contributed by atoms with Crippen molar-refractivity contribution in [3.05, 3.63) is 63.4 Å². The Labute approximate surface area is 125 Å². The highest BCUT2D eigenvalue weighted by Crippen LogP contribution is 2.34. The average Bonchev–Trinajstić information content (AvgIpc) is 2.43. The van der Waals surface area contributed by atoms with Gasteiger partial charge >= 0.3 is 0 Å². The number of allylic oxidation sites excluding steroid dienone is 1. The van der Waals surface area contributed by atoms with Crippen LogP contribution in [0.3, 0.4) is 0 Å². The van der Waals surface area contributed by atoms with Gasteiger partial charge in [-0.1, -0.05) is 41.4 Å². The molecule has 2 nitrogen and oxygen atoms in total. The molecule has 0 saturated carbocycles. The molecular formula is C15H8Cl2FNO. The van der Waals surface area contributed by atoms with Gasteiger partial charge in [0.15, 0.2) is 5.75 Å². The first-order chi connectivity index (χ1) is 9.52. The predicted octanol–water partition coefficient (Wildman–Crippen LogP) is 4.90. The van der Waals surface area contributed by atoms with Gasteiger partial charge in [0.05, 0.1) is 21.7 Å². The summed E-state index contributed by atoms with van der Waals surface area (Å²) in [6.07, 6.45) is 1.45. The van der Waals surface area contributed by atoms with Crippen molar-refractivity contribution in [2.45, 2.75) is 0 Å². The number of rotatable bonds is 2. The van der Waals surface area contributed by atoms with E-state index in [1.54, 1.807) is 12.1 Å². The third-order valence-electron chi connectivity index (χ3n) is 2.63. The standard InChI is InChI=1S/C15H8Cl2FNO/c16-12-6-9(7-13(17)15(12)20)5-10(8-19)11-3-1-2-4-14(11)18/h1-7,20H/b10-5-. The van der Waals surface area contributed by atoms with Crippen molar-refractivity contribution in [2.75, 3.05) is 0 Å². The molecule has 0 aliphatic heterocycles. The second-order valence-corrected chi connectivity index (χ2v) is 4.80. The Bertz CT molecular complexity index is 712. The molecule has 0 aliphatic rings. The van der Waals surface area contributed by atoms with E-state index in [9.17, 15) is 9.50 Å². The monoisotopic (exact) mass is 307 g/mol. The summed E-state index contributed by atoms with van der Waals surface area (Å²) in [6.45, 7) is 0. The molecule has 2 rings (SSSR count). The van der Waals surface area contributed by atoms with Crippen molar-refractivity contribution in [1.29, 1.82) is 5.26 Å². The van der Waals surface area contributed by atoms with Crippen LogP contribution in [0.4, 0.5) is 4.39 Å². The Hall–Kier alpha value is -2.02. The second kappa shape index (κ2) is 5.96. The van der Waals surface area contributed by atoms with Crippen LogP contribution >= 0.6 is 23.2 Å². The lowest BCUT2D eigenvalue weighted by molar-refractivity contribution is 0.476. The van der Waals surface area contributed by atoms with Gasteiger partial charge in [0.2, 0.25) is 0 Å². The molecule has 1 N–H and O–H groups in total. The number of nitriles is 1. The lowest BCUT2D eigenvalue weighted by Gasteiger charge is -2.04. The molecule has 0 heterocycles. The summed E-state index contributed by atoms with van der Waals surface area (Å²) in [5, 5.41) is 18.8. The maximum atomic E-state index is 13.7. The zero-order chi connectivity index (χ0) is 14.7. The first-order valence-electron chi connectivity index (χ1n) is 5.57. The first kappa shape index (κ1) is 14.4. The Morgan fingerprint density at radius 2 is 1.80 bits per heavy atom. The van der Waals surface area contributed by atoms with E-state index in [0.29, 0.717) is 5.56 Å². The van der Waals surface area contributed by atoms with Crippen LogP contribution in [0.2, 0.25) is 10.0 Å². The van der Waals surface area contributed by atoms with E-state index in [4.69, 9.17) is 28.5 Å². The highest BCUT2D eigenvalue weighted by molar-refractivity contribution is 6.37. The maximum absolute atomic E-state index is 13.7. The van der Waals surface area contributed by atoms with Gasteiger partial charge in [0.25, 0.3) is 0 Å². The molecule has 0 radical (unpaired) electrons. The number of phenols is 1. The Kier molecular flexibility index (Phi) is 4.29. The summed E-state index contributed by atoms with van der Waals surface area (Å²) in [7, 11) is 0. The number of hydrogen-bond acceptors (Lipinski definition) is 2. The summed E-state index contributed by atoms with van der Waals surface area (Å²) in [5.74, 6) is -0.717. The number of phenolic OH excluding ortho intramolecular Hbond substituents is 1. The average molecular weight is 308 g/mol. The van der Waals surface area contributed by atoms with Crippen LogP contribution in [-0.4, -0.2) is 5.11 Å². The molecule has 0 amide bonds. The quantitative estimate of drug-likeness (QED) is 0.633. The molecule has 100 valence electrons. The van der Waals surface area contributed by atoms with Gasteiger partial charge in [-0.05, 0) is 29.8 Å². The molecule has 0 aliphatic carbocycles. The van der Waals surface area contributed by atoms with Crippen LogP contribution in [0.15, 0.2) is 36.4 Å². The largest absolute Gasteiger partial charge is 0.505 e. The van der Waals surface area contributed by atoms with Crippen LogP contribution in [0.5, 0.6) is 5.75 Å². The van der Waals surface area contributed by atoms with Crippen molar-refractivity contribution in [3.8, 4) is 11.8 Å². The lowest BCUT2D eigenvalue weighted by atomic mass is 10.0. The second-order valence-electron chi connectivity index (χ2n) is 3.98. The van der Waals surface area contributed by atoms with Gasteiger partial charge in [-0.25, -0.2) is 4.39 Å². The molecule has 20 heavy (non-hydrogen) atoms. The Balaban J connectivity index is 2.53. The van der Waals surface area contributed by atoms with Gasteiger partial charge in [-0.3, -0.25) is 0 Å². The normalized spacial score (nSPS) is 11.2.